The van der Waals surface area contributed by atoms with Gasteiger partial charge in [-0.25, -0.2) is 4.79 Å². The van der Waals surface area contributed by atoms with Gasteiger partial charge in [0.05, 0.1) is 7.11 Å². The highest BCUT2D eigenvalue weighted by Crippen LogP contribution is 2.43. The van der Waals surface area contributed by atoms with Crippen molar-refractivity contribution in [1.29, 1.82) is 0 Å². The number of fused-ring (bicyclic) bond motifs is 1. The summed E-state index contributed by atoms with van der Waals surface area (Å²) in [6.45, 7) is 3.80. The van der Waals surface area contributed by atoms with Gasteiger partial charge >= 0.3 is 5.97 Å². The minimum atomic E-state index is -0.678. The van der Waals surface area contributed by atoms with Gasteiger partial charge in [-0.2, -0.15) is 0 Å². The first-order chi connectivity index (χ1) is 9.71. The number of carbonyl (C=O) groups excluding carboxylic acids is 1. The lowest BCUT2D eigenvalue weighted by Gasteiger charge is -2.29. The van der Waals surface area contributed by atoms with Gasteiger partial charge in [-0.3, -0.25) is 4.99 Å². The number of esters is 1. The summed E-state index contributed by atoms with van der Waals surface area (Å²) in [5.41, 5.74) is 0.535. The fourth-order valence-electron chi connectivity index (χ4n) is 3.54. The molecular formula is C16H20N2O2. The van der Waals surface area contributed by atoms with Gasteiger partial charge in [0.25, 0.3) is 0 Å². The second-order valence-electron chi connectivity index (χ2n) is 5.56. The summed E-state index contributed by atoms with van der Waals surface area (Å²) < 4.78 is 5.01. The number of aliphatic imine (C=N–C) groups is 1. The molecule has 1 saturated heterocycles. The summed E-state index contributed by atoms with van der Waals surface area (Å²) in [7, 11) is 1.45. The van der Waals surface area contributed by atoms with Crippen LogP contribution in [0.5, 0.6) is 0 Å². The molecule has 0 bridgehead atoms. The zero-order valence-corrected chi connectivity index (χ0v) is 12.0. The van der Waals surface area contributed by atoms with Crippen molar-refractivity contribution in [2.45, 2.75) is 18.9 Å². The number of carbonyl (C=O) groups is 1. The molecule has 3 rings (SSSR count). The second kappa shape index (κ2) is 4.93. The van der Waals surface area contributed by atoms with Gasteiger partial charge in [-0.05, 0) is 18.6 Å². The first-order valence-electron chi connectivity index (χ1n) is 7.15. The van der Waals surface area contributed by atoms with E-state index in [4.69, 9.17) is 4.74 Å². The molecule has 3 atom stereocenters. The minimum absolute atomic E-state index is 0.196. The number of hydrogen-bond donors (Lipinski definition) is 0. The molecule has 2 aliphatic rings. The molecule has 2 aliphatic heterocycles. The topological polar surface area (TPSA) is 41.9 Å². The van der Waals surface area contributed by atoms with E-state index in [2.05, 4.69) is 22.0 Å². The Balaban J connectivity index is 1.86. The smallest absolute Gasteiger partial charge is 0.334 e. The van der Waals surface area contributed by atoms with Gasteiger partial charge in [0.1, 0.15) is 0 Å². The van der Waals surface area contributed by atoms with Crippen LogP contribution in [-0.2, 0) is 9.53 Å². The Labute approximate surface area is 119 Å². The van der Waals surface area contributed by atoms with E-state index in [9.17, 15) is 4.79 Å². The van der Waals surface area contributed by atoms with Gasteiger partial charge in [-0.1, -0.05) is 25.1 Å². The first-order valence-corrected chi connectivity index (χ1v) is 7.15. The monoisotopic (exact) mass is 272 g/mol. The summed E-state index contributed by atoms with van der Waals surface area (Å²) in [6.07, 6.45) is 2.66. The normalized spacial score (nSPS) is 31.4. The summed E-state index contributed by atoms with van der Waals surface area (Å²) >= 11 is 0. The Morgan fingerprint density at radius 3 is 2.80 bits per heavy atom. The van der Waals surface area contributed by atoms with Gasteiger partial charge in [0.15, 0.2) is 5.54 Å². The van der Waals surface area contributed by atoms with Crippen LogP contribution in [0.15, 0.2) is 35.3 Å². The van der Waals surface area contributed by atoms with E-state index >= 15 is 0 Å². The zero-order chi connectivity index (χ0) is 14.2. The third-order valence-electron chi connectivity index (χ3n) is 4.67. The number of benzene rings is 1. The summed E-state index contributed by atoms with van der Waals surface area (Å²) in [4.78, 5) is 19.1. The fraction of sp³-hybridized carbons (Fsp3) is 0.500. The molecule has 1 aromatic carbocycles. The molecule has 4 nitrogen and oxygen atoms in total. The second-order valence-corrected chi connectivity index (χ2v) is 5.56. The van der Waals surface area contributed by atoms with Crippen molar-refractivity contribution < 1.29 is 9.53 Å². The van der Waals surface area contributed by atoms with Crippen LogP contribution in [0, 0.1) is 11.8 Å². The average molecular weight is 272 g/mol. The van der Waals surface area contributed by atoms with Crippen molar-refractivity contribution in [2.24, 2.45) is 16.8 Å². The number of anilines is 1. The van der Waals surface area contributed by atoms with E-state index in [1.807, 2.05) is 31.3 Å². The maximum absolute atomic E-state index is 12.2. The number of nitrogens with zero attached hydrogens (tertiary/aromatic N) is 2. The van der Waals surface area contributed by atoms with Crippen molar-refractivity contribution in [3.63, 3.8) is 0 Å². The molecule has 4 heteroatoms. The van der Waals surface area contributed by atoms with Crippen molar-refractivity contribution >= 4 is 17.9 Å². The lowest BCUT2D eigenvalue weighted by atomic mass is 9.79. The molecule has 2 heterocycles. The highest BCUT2D eigenvalue weighted by Gasteiger charge is 2.55. The maximum Gasteiger partial charge on any atom is 0.334 e. The molecule has 0 aliphatic carbocycles. The van der Waals surface area contributed by atoms with Crippen molar-refractivity contribution in [2.75, 3.05) is 25.1 Å². The zero-order valence-electron chi connectivity index (χ0n) is 12.0. The molecule has 0 radical (unpaired) electrons. The lowest BCUT2D eigenvalue weighted by molar-refractivity contribution is -0.148. The van der Waals surface area contributed by atoms with E-state index in [1.165, 1.54) is 12.8 Å². The Kier molecular flexibility index (Phi) is 3.24. The van der Waals surface area contributed by atoms with Crippen LogP contribution in [0.3, 0.4) is 0 Å². The van der Waals surface area contributed by atoms with Gasteiger partial charge < -0.3 is 9.64 Å². The van der Waals surface area contributed by atoms with Crippen molar-refractivity contribution in [1.82, 2.24) is 0 Å². The standard InChI is InChI=1S/C16H20N2O2/c1-3-16(15(19)20-2)14-11-18(10-12(14)9-17-16)13-7-5-4-6-8-13/h4-9,12,14H,3,10-11H2,1-2H3/t12-,14+,16-/m1/s1. The van der Waals surface area contributed by atoms with Crippen molar-refractivity contribution in [3.8, 4) is 0 Å². The van der Waals surface area contributed by atoms with E-state index in [1.54, 1.807) is 0 Å². The predicted molar refractivity (Wildman–Crippen MR) is 79.2 cm³/mol. The fourth-order valence-corrected chi connectivity index (χ4v) is 3.54. The molecule has 0 aromatic heterocycles. The van der Waals surface area contributed by atoms with E-state index in [0.717, 1.165) is 13.1 Å². The first kappa shape index (κ1) is 13.2. The number of rotatable bonds is 3. The van der Waals surface area contributed by atoms with Crippen LogP contribution in [0.25, 0.3) is 0 Å². The molecule has 0 N–H and O–H groups in total. The van der Waals surface area contributed by atoms with Gasteiger partial charge in [0, 0.05) is 36.8 Å². The number of methoxy groups -OCH3 is 1. The summed E-state index contributed by atoms with van der Waals surface area (Å²) in [5.74, 6) is 0.369. The Morgan fingerprint density at radius 2 is 2.15 bits per heavy atom. The minimum Gasteiger partial charge on any atom is -0.467 e. The number of ether oxygens (including phenoxy) is 1. The van der Waals surface area contributed by atoms with E-state index < -0.39 is 5.54 Å². The summed E-state index contributed by atoms with van der Waals surface area (Å²) in [5, 5.41) is 0. The third kappa shape index (κ3) is 1.82. The highest BCUT2D eigenvalue weighted by atomic mass is 16.5. The predicted octanol–water partition coefficient (Wildman–Crippen LogP) is 2.15. The van der Waals surface area contributed by atoms with Crippen LogP contribution >= 0.6 is 0 Å². The Hall–Kier alpha value is -1.84. The number of hydrogen-bond acceptors (Lipinski definition) is 4. The SMILES string of the molecule is CC[C@@]1(C(=O)OC)N=C[C@@H]2CN(c3ccccc3)C[C@@H]21. The van der Waals surface area contributed by atoms with E-state index in [-0.39, 0.29) is 11.9 Å². The Morgan fingerprint density at radius 1 is 1.40 bits per heavy atom. The highest BCUT2D eigenvalue weighted by molar-refractivity contribution is 5.87. The molecule has 106 valence electrons. The molecule has 0 saturated carbocycles. The van der Waals surface area contributed by atoms with E-state index in [0.29, 0.717) is 12.3 Å². The van der Waals surface area contributed by atoms with Crippen LogP contribution in [0.4, 0.5) is 5.69 Å². The molecule has 0 unspecified atom stereocenters. The maximum atomic E-state index is 12.2. The third-order valence-corrected chi connectivity index (χ3v) is 4.67. The van der Waals surface area contributed by atoms with Crippen LogP contribution < -0.4 is 4.90 Å². The van der Waals surface area contributed by atoms with Crippen LogP contribution in [-0.4, -0.2) is 37.9 Å². The van der Waals surface area contributed by atoms with Crippen molar-refractivity contribution in [3.05, 3.63) is 30.3 Å². The molecule has 1 aromatic rings. The average Bonchev–Trinajstić information content (AvgIpc) is 3.06. The van der Waals surface area contributed by atoms with Gasteiger partial charge in [0.2, 0.25) is 0 Å². The summed E-state index contributed by atoms with van der Waals surface area (Å²) in [6, 6.07) is 10.3. The lowest BCUT2D eigenvalue weighted by Crippen LogP contribution is -2.44. The number of para-hydroxylation sites is 1. The molecule has 1 fully saturated rings. The van der Waals surface area contributed by atoms with Gasteiger partial charge in [-0.15, -0.1) is 0 Å². The van der Waals surface area contributed by atoms with Crippen LogP contribution in [0.2, 0.25) is 0 Å². The quantitative estimate of drug-likeness (QED) is 0.792. The molecular weight excluding hydrogens is 252 g/mol. The molecule has 20 heavy (non-hydrogen) atoms. The van der Waals surface area contributed by atoms with Crippen LogP contribution in [0.1, 0.15) is 13.3 Å². The molecule has 0 spiro atoms. The Bertz CT molecular complexity index is 529. The molecule has 0 amide bonds. The largest absolute Gasteiger partial charge is 0.467 e.